The molecular formula is C19H32N2O3. The van der Waals surface area contributed by atoms with E-state index >= 15 is 0 Å². The van der Waals surface area contributed by atoms with Crippen molar-refractivity contribution in [2.75, 3.05) is 53.0 Å². The molecule has 0 aliphatic carbocycles. The number of benzene rings is 1. The van der Waals surface area contributed by atoms with E-state index in [2.05, 4.69) is 28.9 Å². The Kier molecular flexibility index (Phi) is 8.53. The third-order valence-corrected chi connectivity index (χ3v) is 4.49. The topological polar surface area (TPSA) is 45.2 Å². The molecule has 0 unspecified atom stereocenters. The predicted molar refractivity (Wildman–Crippen MR) is 96.4 cm³/mol. The number of methoxy groups -OCH3 is 1. The minimum Gasteiger partial charge on any atom is -0.497 e. The monoisotopic (exact) mass is 336 g/mol. The molecule has 1 aromatic rings. The highest BCUT2D eigenvalue weighted by Crippen LogP contribution is 2.14. The molecule has 1 heterocycles. The standard InChI is InChI=1S/C19H32N2O3/c1-3-4-18(22)16-21(10-9-20-11-13-24-14-12-20)15-17-5-7-19(23-2)8-6-17/h5-8,18,22H,3-4,9-16H2,1-2H3/t18-/m1/s1. The highest BCUT2D eigenvalue weighted by Gasteiger charge is 2.15. The molecule has 136 valence electrons. The third kappa shape index (κ3) is 6.77. The van der Waals surface area contributed by atoms with E-state index in [0.29, 0.717) is 0 Å². The maximum atomic E-state index is 10.2. The zero-order valence-electron chi connectivity index (χ0n) is 15.1. The number of morpholine rings is 1. The summed E-state index contributed by atoms with van der Waals surface area (Å²) in [5.74, 6) is 0.879. The van der Waals surface area contributed by atoms with Crippen LogP contribution < -0.4 is 4.74 Å². The molecule has 0 amide bonds. The number of aliphatic hydroxyl groups excluding tert-OH is 1. The van der Waals surface area contributed by atoms with E-state index < -0.39 is 0 Å². The predicted octanol–water partition coefficient (Wildman–Crippen LogP) is 1.99. The summed E-state index contributed by atoms with van der Waals surface area (Å²) in [6.45, 7) is 9.37. The van der Waals surface area contributed by atoms with Crippen LogP contribution in [-0.4, -0.2) is 74.1 Å². The molecule has 0 saturated carbocycles. The fraction of sp³-hybridized carbons (Fsp3) is 0.684. The van der Waals surface area contributed by atoms with Crippen LogP contribution in [0.3, 0.4) is 0 Å². The smallest absolute Gasteiger partial charge is 0.118 e. The van der Waals surface area contributed by atoms with Gasteiger partial charge in [-0.25, -0.2) is 0 Å². The molecule has 2 rings (SSSR count). The number of hydrogen-bond acceptors (Lipinski definition) is 5. The zero-order chi connectivity index (χ0) is 17.2. The van der Waals surface area contributed by atoms with Crippen molar-refractivity contribution < 1.29 is 14.6 Å². The highest BCUT2D eigenvalue weighted by molar-refractivity contribution is 5.27. The molecular weight excluding hydrogens is 304 g/mol. The lowest BCUT2D eigenvalue weighted by Crippen LogP contribution is -2.42. The van der Waals surface area contributed by atoms with Gasteiger partial charge in [0.15, 0.2) is 0 Å². The van der Waals surface area contributed by atoms with Crippen LogP contribution in [0.15, 0.2) is 24.3 Å². The normalized spacial score (nSPS) is 17.2. The van der Waals surface area contributed by atoms with Crippen LogP contribution in [0.2, 0.25) is 0 Å². The Morgan fingerprint density at radius 1 is 1.25 bits per heavy atom. The van der Waals surface area contributed by atoms with Crippen LogP contribution >= 0.6 is 0 Å². The van der Waals surface area contributed by atoms with Gasteiger partial charge in [-0.1, -0.05) is 25.5 Å². The largest absolute Gasteiger partial charge is 0.497 e. The molecule has 1 aliphatic rings. The van der Waals surface area contributed by atoms with Gasteiger partial charge in [-0.2, -0.15) is 0 Å². The number of rotatable bonds is 10. The fourth-order valence-electron chi connectivity index (χ4n) is 3.05. The first-order chi connectivity index (χ1) is 11.7. The zero-order valence-corrected chi connectivity index (χ0v) is 15.1. The van der Waals surface area contributed by atoms with Crippen molar-refractivity contribution >= 4 is 0 Å². The number of nitrogens with zero attached hydrogens (tertiary/aromatic N) is 2. The van der Waals surface area contributed by atoms with E-state index in [9.17, 15) is 5.11 Å². The van der Waals surface area contributed by atoms with Gasteiger partial charge in [-0.3, -0.25) is 9.80 Å². The Bertz CT molecular complexity index is 446. The van der Waals surface area contributed by atoms with Crippen LogP contribution in [0.5, 0.6) is 5.75 Å². The first-order valence-corrected chi connectivity index (χ1v) is 9.04. The summed E-state index contributed by atoms with van der Waals surface area (Å²) in [4.78, 5) is 4.80. The highest BCUT2D eigenvalue weighted by atomic mass is 16.5. The molecule has 1 aromatic carbocycles. The Morgan fingerprint density at radius 2 is 1.96 bits per heavy atom. The Hall–Kier alpha value is -1.14. The summed E-state index contributed by atoms with van der Waals surface area (Å²) in [5.41, 5.74) is 1.25. The van der Waals surface area contributed by atoms with E-state index in [1.807, 2.05) is 12.1 Å². The maximum absolute atomic E-state index is 10.2. The van der Waals surface area contributed by atoms with E-state index in [-0.39, 0.29) is 6.10 Å². The van der Waals surface area contributed by atoms with Crippen molar-refractivity contribution in [2.45, 2.75) is 32.4 Å². The summed E-state index contributed by atoms with van der Waals surface area (Å²) >= 11 is 0. The molecule has 0 bridgehead atoms. The quantitative estimate of drug-likeness (QED) is 0.708. The van der Waals surface area contributed by atoms with Crippen LogP contribution in [0.1, 0.15) is 25.3 Å². The van der Waals surface area contributed by atoms with Crippen LogP contribution in [-0.2, 0) is 11.3 Å². The number of hydrogen-bond donors (Lipinski definition) is 1. The van der Waals surface area contributed by atoms with Crippen molar-refractivity contribution in [3.05, 3.63) is 29.8 Å². The molecule has 0 aromatic heterocycles. The summed E-state index contributed by atoms with van der Waals surface area (Å²) in [5, 5.41) is 10.2. The molecule has 5 heteroatoms. The van der Waals surface area contributed by atoms with E-state index in [1.54, 1.807) is 7.11 Å². The molecule has 1 fully saturated rings. The number of ether oxygens (including phenoxy) is 2. The van der Waals surface area contributed by atoms with Crippen molar-refractivity contribution in [3.8, 4) is 5.75 Å². The molecule has 1 atom stereocenters. The van der Waals surface area contributed by atoms with Gasteiger partial charge >= 0.3 is 0 Å². The molecule has 1 N–H and O–H groups in total. The van der Waals surface area contributed by atoms with Crippen molar-refractivity contribution in [3.63, 3.8) is 0 Å². The lowest BCUT2D eigenvalue weighted by molar-refractivity contribution is 0.0287. The van der Waals surface area contributed by atoms with Gasteiger partial charge in [0.25, 0.3) is 0 Å². The average Bonchev–Trinajstić information content (AvgIpc) is 2.61. The average molecular weight is 336 g/mol. The van der Waals surface area contributed by atoms with E-state index in [4.69, 9.17) is 9.47 Å². The van der Waals surface area contributed by atoms with Gasteiger partial charge < -0.3 is 14.6 Å². The van der Waals surface area contributed by atoms with Gasteiger partial charge in [0.1, 0.15) is 5.75 Å². The summed E-state index contributed by atoms with van der Waals surface area (Å²) < 4.78 is 10.6. The van der Waals surface area contributed by atoms with Crippen LogP contribution in [0.25, 0.3) is 0 Å². The van der Waals surface area contributed by atoms with E-state index in [0.717, 1.165) is 71.1 Å². The first-order valence-electron chi connectivity index (χ1n) is 9.04. The molecule has 0 radical (unpaired) electrons. The van der Waals surface area contributed by atoms with Gasteiger partial charge in [0.05, 0.1) is 26.4 Å². The molecule has 1 aliphatic heterocycles. The van der Waals surface area contributed by atoms with E-state index in [1.165, 1.54) is 5.56 Å². The van der Waals surface area contributed by atoms with Crippen molar-refractivity contribution in [1.82, 2.24) is 9.80 Å². The van der Waals surface area contributed by atoms with Gasteiger partial charge in [-0.15, -0.1) is 0 Å². The fourth-order valence-corrected chi connectivity index (χ4v) is 3.05. The van der Waals surface area contributed by atoms with Gasteiger partial charge in [0.2, 0.25) is 0 Å². The summed E-state index contributed by atoms with van der Waals surface area (Å²) in [6.07, 6.45) is 1.62. The molecule has 5 nitrogen and oxygen atoms in total. The minimum atomic E-state index is -0.252. The Labute approximate surface area is 146 Å². The van der Waals surface area contributed by atoms with Gasteiger partial charge in [-0.05, 0) is 24.1 Å². The second kappa shape index (κ2) is 10.7. The second-order valence-electron chi connectivity index (χ2n) is 6.48. The Morgan fingerprint density at radius 3 is 2.58 bits per heavy atom. The lowest BCUT2D eigenvalue weighted by atomic mass is 10.1. The van der Waals surface area contributed by atoms with Crippen molar-refractivity contribution in [1.29, 1.82) is 0 Å². The molecule has 1 saturated heterocycles. The lowest BCUT2D eigenvalue weighted by Gasteiger charge is -2.31. The first kappa shape index (κ1) is 19.2. The number of aliphatic hydroxyl groups is 1. The summed E-state index contributed by atoms with van der Waals surface area (Å²) in [6, 6.07) is 8.20. The van der Waals surface area contributed by atoms with Gasteiger partial charge in [0, 0.05) is 39.3 Å². The summed E-state index contributed by atoms with van der Waals surface area (Å²) in [7, 11) is 1.69. The molecule has 24 heavy (non-hydrogen) atoms. The SMILES string of the molecule is CCC[C@@H](O)CN(CCN1CCOCC1)Cc1ccc(OC)cc1. The molecule has 0 spiro atoms. The van der Waals surface area contributed by atoms with Crippen molar-refractivity contribution in [2.24, 2.45) is 0 Å². The Balaban J connectivity index is 1.89. The minimum absolute atomic E-state index is 0.252. The third-order valence-electron chi connectivity index (χ3n) is 4.49. The van der Waals surface area contributed by atoms with Crippen LogP contribution in [0, 0.1) is 0 Å². The van der Waals surface area contributed by atoms with Crippen LogP contribution in [0.4, 0.5) is 0 Å². The maximum Gasteiger partial charge on any atom is 0.118 e. The second-order valence-corrected chi connectivity index (χ2v) is 6.48.